The van der Waals surface area contributed by atoms with Crippen LogP contribution in [0.1, 0.15) is 31.9 Å². The Balaban J connectivity index is 2.32. The first-order chi connectivity index (χ1) is 12.2. The molecule has 0 bridgehead atoms. The minimum Gasteiger partial charge on any atom is -0.496 e. The van der Waals surface area contributed by atoms with Crippen LogP contribution < -0.4 is 4.74 Å². The van der Waals surface area contributed by atoms with Crippen LogP contribution in [-0.2, 0) is 16.6 Å². The highest BCUT2D eigenvalue weighted by Crippen LogP contribution is 2.38. The van der Waals surface area contributed by atoms with Gasteiger partial charge in [-0.2, -0.15) is 0 Å². The lowest BCUT2D eigenvalue weighted by molar-refractivity contribution is -0.136. The number of rotatable bonds is 4. The predicted octanol–water partition coefficient (Wildman–Crippen LogP) is 4.91. The number of nitrogens with one attached hydrogen (secondary N) is 1. The normalized spacial score (nSPS) is 11.7. The molecule has 1 aromatic heterocycles. The average Bonchev–Trinajstić information content (AvgIpc) is 2.91. The number of halogens is 1. The number of aromatic nitrogens is 1. The molecule has 0 fully saturated rings. The molecule has 3 aromatic rings. The molecule has 0 aliphatic carbocycles. The summed E-state index contributed by atoms with van der Waals surface area (Å²) in [5.74, 6) is -0.861. The van der Waals surface area contributed by atoms with Crippen LogP contribution in [0.4, 0.5) is 4.39 Å². The van der Waals surface area contributed by atoms with Crippen LogP contribution in [0.5, 0.6) is 5.75 Å². The molecule has 136 valence electrons. The number of benzene rings is 2. The number of H-pyrrole nitrogens is 1. The van der Waals surface area contributed by atoms with E-state index >= 15 is 0 Å². The van der Waals surface area contributed by atoms with E-state index in [4.69, 9.17) is 4.74 Å². The third-order valence-electron chi connectivity index (χ3n) is 4.53. The fourth-order valence-corrected chi connectivity index (χ4v) is 3.15. The molecule has 0 spiro atoms. The number of aliphatic carboxylic acids is 1. The van der Waals surface area contributed by atoms with Gasteiger partial charge in [0.05, 0.1) is 19.2 Å². The smallest absolute Gasteiger partial charge is 0.307 e. The second-order valence-corrected chi connectivity index (χ2v) is 7.40. The molecular formula is C21H22FNO3. The van der Waals surface area contributed by atoms with E-state index in [9.17, 15) is 14.3 Å². The van der Waals surface area contributed by atoms with E-state index < -0.39 is 11.8 Å². The van der Waals surface area contributed by atoms with Crippen molar-refractivity contribution in [2.75, 3.05) is 7.11 Å². The summed E-state index contributed by atoms with van der Waals surface area (Å²) >= 11 is 0. The Kier molecular flexibility index (Phi) is 4.48. The zero-order valence-corrected chi connectivity index (χ0v) is 15.3. The fraction of sp³-hybridized carbons (Fsp3) is 0.286. The summed E-state index contributed by atoms with van der Waals surface area (Å²) in [4.78, 5) is 14.7. The third kappa shape index (κ3) is 3.29. The number of carboxylic acid groups (broad SMARTS) is 1. The molecule has 0 saturated heterocycles. The van der Waals surface area contributed by atoms with Gasteiger partial charge in [-0.15, -0.1) is 0 Å². The topological polar surface area (TPSA) is 62.3 Å². The summed E-state index contributed by atoms with van der Waals surface area (Å²) in [6.45, 7) is 6.32. The van der Waals surface area contributed by atoms with E-state index in [1.54, 1.807) is 6.07 Å². The van der Waals surface area contributed by atoms with Gasteiger partial charge in [-0.25, -0.2) is 4.39 Å². The van der Waals surface area contributed by atoms with Crippen molar-refractivity contribution in [3.8, 4) is 17.0 Å². The number of aromatic amines is 1. The van der Waals surface area contributed by atoms with E-state index in [2.05, 4.69) is 25.8 Å². The van der Waals surface area contributed by atoms with Gasteiger partial charge in [-0.3, -0.25) is 4.79 Å². The fourth-order valence-electron chi connectivity index (χ4n) is 3.15. The van der Waals surface area contributed by atoms with Gasteiger partial charge < -0.3 is 14.8 Å². The predicted molar refractivity (Wildman–Crippen MR) is 100 cm³/mol. The molecule has 1 heterocycles. The van der Waals surface area contributed by atoms with Gasteiger partial charge in [0.2, 0.25) is 0 Å². The highest BCUT2D eigenvalue weighted by molar-refractivity contribution is 5.95. The summed E-state index contributed by atoms with van der Waals surface area (Å²) < 4.78 is 19.2. The van der Waals surface area contributed by atoms with Crippen LogP contribution in [0.3, 0.4) is 0 Å². The number of hydrogen-bond donors (Lipinski definition) is 2. The summed E-state index contributed by atoms with van der Waals surface area (Å²) in [5.41, 5.74) is 3.57. The number of ether oxygens (including phenoxy) is 1. The monoisotopic (exact) mass is 355 g/mol. The van der Waals surface area contributed by atoms with Gasteiger partial charge in [0.15, 0.2) is 0 Å². The molecule has 0 amide bonds. The van der Waals surface area contributed by atoms with E-state index in [1.807, 2.05) is 18.2 Å². The summed E-state index contributed by atoms with van der Waals surface area (Å²) in [5, 5.41) is 10.2. The van der Waals surface area contributed by atoms with Gasteiger partial charge in [-0.1, -0.05) is 26.8 Å². The van der Waals surface area contributed by atoms with E-state index in [0.29, 0.717) is 22.6 Å². The molecule has 0 radical (unpaired) electrons. The minimum atomic E-state index is -0.941. The standard InChI is InChI=1S/C21H22FNO3/c1-21(2,3)12-5-7-17-14(9-12)15(11-19(24)25)20(23-17)16-10-13(22)6-8-18(16)26-4/h5-10,23H,11H2,1-4H3,(H,24,25). The molecule has 2 N–H and O–H groups in total. The number of carboxylic acids is 1. The van der Waals surface area contributed by atoms with Gasteiger partial charge in [0.25, 0.3) is 0 Å². The molecule has 0 saturated carbocycles. The summed E-state index contributed by atoms with van der Waals surface area (Å²) in [7, 11) is 1.51. The molecule has 0 atom stereocenters. The van der Waals surface area contributed by atoms with Crippen LogP contribution in [0.15, 0.2) is 36.4 Å². The highest BCUT2D eigenvalue weighted by atomic mass is 19.1. The SMILES string of the molecule is COc1ccc(F)cc1-c1[nH]c2ccc(C(C)(C)C)cc2c1CC(=O)O. The zero-order valence-electron chi connectivity index (χ0n) is 15.3. The van der Waals surface area contributed by atoms with Gasteiger partial charge in [0.1, 0.15) is 11.6 Å². The van der Waals surface area contributed by atoms with E-state index in [0.717, 1.165) is 16.5 Å². The maximum atomic E-state index is 13.9. The van der Waals surface area contributed by atoms with Crippen molar-refractivity contribution in [3.05, 3.63) is 53.3 Å². The second-order valence-electron chi connectivity index (χ2n) is 7.40. The molecule has 0 unspecified atom stereocenters. The van der Waals surface area contributed by atoms with Crippen molar-refractivity contribution < 1.29 is 19.0 Å². The van der Waals surface area contributed by atoms with Crippen molar-refractivity contribution >= 4 is 16.9 Å². The Bertz CT molecular complexity index is 983. The number of carbonyl (C=O) groups is 1. The molecule has 0 aliphatic heterocycles. The molecule has 0 aliphatic rings. The van der Waals surface area contributed by atoms with Gasteiger partial charge in [0, 0.05) is 16.5 Å². The Morgan fingerprint density at radius 3 is 2.54 bits per heavy atom. The Labute approximate surface area is 151 Å². The first kappa shape index (κ1) is 18.0. The van der Waals surface area contributed by atoms with Crippen molar-refractivity contribution in [3.63, 3.8) is 0 Å². The Hall–Kier alpha value is -2.82. The van der Waals surface area contributed by atoms with Crippen LogP contribution in [0, 0.1) is 5.82 Å². The lowest BCUT2D eigenvalue weighted by Crippen LogP contribution is -2.10. The molecule has 2 aromatic carbocycles. The zero-order chi connectivity index (χ0) is 19.1. The second kappa shape index (κ2) is 6.48. The van der Waals surface area contributed by atoms with E-state index in [-0.39, 0.29) is 11.8 Å². The molecule has 3 rings (SSSR count). The largest absolute Gasteiger partial charge is 0.496 e. The van der Waals surface area contributed by atoms with Crippen molar-refractivity contribution in [2.24, 2.45) is 0 Å². The van der Waals surface area contributed by atoms with Crippen LogP contribution in [0.25, 0.3) is 22.2 Å². The molecular weight excluding hydrogens is 333 g/mol. The van der Waals surface area contributed by atoms with Gasteiger partial charge in [-0.05, 0) is 46.9 Å². The average molecular weight is 355 g/mol. The van der Waals surface area contributed by atoms with E-state index in [1.165, 1.54) is 19.2 Å². The summed E-state index contributed by atoms with van der Waals surface area (Å²) in [6, 6.07) is 10.2. The first-order valence-electron chi connectivity index (χ1n) is 8.41. The van der Waals surface area contributed by atoms with Crippen LogP contribution in [0.2, 0.25) is 0 Å². The highest BCUT2D eigenvalue weighted by Gasteiger charge is 2.21. The van der Waals surface area contributed by atoms with Crippen molar-refractivity contribution in [1.82, 2.24) is 4.98 Å². The molecule has 5 heteroatoms. The van der Waals surface area contributed by atoms with Crippen LogP contribution >= 0.6 is 0 Å². The Morgan fingerprint density at radius 1 is 1.19 bits per heavy atom. The van der Waals surface area contributed by atoms with Crippen molar-refractivity contribution in [1.29, 1.82) is 0 Å². The summed E-state index contributed by atoms with van der Waals surface area (Å²) in [6.07, 6.45) is -0.164. The molecule has 26 heavy (non-hydrogen) atoms. The molecule has 4 nitrogen and oxygen atoms in total. The van der Waals surface area contributed by atoms with Crippen LogP contribution in [-0.4, -0.2) is 23.2 Å². The lowest BCUT2D eigenvalue weighted by Gasteiger charge is -2.19. The van der Waals surface area contributed by atoms with Gasteiger partial charge >= 0.3 is 5.97 Å². The quantitative estimate of drug-likeness (QED) is 0.699. The first-order valence-corrected chi connectivity index (χ1v) is 8.41. The minimum absolute atomic E-state index is 0.0668. The third-order valence-corrected chi connectivity index (χ3v) is 4.53. The van der Waals surface area contributed by atoms with Crippen molar-refractivity contribution in [2.45, 2.75) is 32.6 Å². The number of fused-ring (bicyclic) bond motifs is 1. The number of methoxy groups -OCH3 is 1. The maximum absolute atomic E-state index is 13.9. The Morgan fingerprint density at radius 2 is 1.92 bits per heavy atom. The maximum Gasteiger partial charge on any atom is 0.307 e. The lowest BCUT2D eigenvalue weighted by atomic mass is 9.86. The number of hydrogen-bond acceptors (Lipinski definition) is 2.